The number of nitrogens with two attached hydrogens (primary N) is 5. The van der Waals surface area contributed by atoms with E-state index in [9.17, 15) is 14.4 Å². The number of carbonyl (C=O) groups excluding carboxylic acids is 3. The molecule has 0 spiro atoms. The molecule has 32 heavy (non-hydrogen) atoms. The van der Waals surface area contributed by atoms with E-state index in [1.807, 2.05) is 6.07 Å². The van der Waals surface area contributed by atoms with E-state index in [0.29, 0.717) is 19.1 Å². The zero-order valence-electron chi connectivity index (χ0n) is 17.9. The van der Waals surface area contributed by atoms with E-state index in [1.54, 1.807) is 24.3 Å². The van der Waals surface area contributed by atoms with Crippen molar-refractivity contribution < 1.29 is 19.1 Å². The second-order valence-electron chi connectivity index (χ2n) is 6.96. The van der Waals surface area contributed by atoms with Crippen LogP contribution >= 0.6 is 0 Å². The van der Waals surface area contributed by atoms with Crippen LogP contribution in [-0.4, -0.2) is 60.3 Å². The first-order valence-electron chi connectivity index (χ1n) is 10.1. The van der Waals surface area contributed by atoms with Crippen molar-refractivity contribution in [3.05, 3.63) is 35.9 Å². The van der Waals surface area contributed by atoms with Crippen LogP contribution in [-0.2, 0) is 20.9 Å². The number of ether oxygens (including phenoxy) is 1. The molecule has 0 saturated carbocycles. The minimum absolute atomic E-state index is 0.0667. The number of rotatable bonds is 13. The van der Waals surface area contributed by atoms with Crippen LogP contribution in [0.2, 0.25) is 0 Å². The lowest BCUT2D eigenvalue weighted by atomic mass is 10.1. The van der Waals surface area contributed by atoms with E-state index in [2.05, 4.69) is 9.98 Å². The van der Waals surface area contributed by atoms with E-state index in [0.717, 1.165) is 10.5 Å². The SMILES string of the molecule is NC(N)=NCCC[C@@H](C=O)N(C(=O)OCc1ccccc1)C(=O)[C@@H](N)CCCN=C(N)N. The van der Waals surface area contributed by atoms with Gasteiger partial charge in [0.05, 0.1) is 12.1 Å². The van der Waals surface area contributed by atoms with E-state index in [4.69, 9.17) is 33.4 Å². The predicted molar refractivity (Wildman–Crippen MR) is 121 cm³/mol. The Morgan fingerprint density at radius 1 is 0.969 bits per heavy atom. The lowest BCUT2D eigenvalue weighted by Gasteiger charge is -2.28. The molecule has 2 amide bonds. The van der Waals surface area contributed by atoms with E-state index in [-0.39, 0.29) is 44.5 Å². The largest absolute Gasteiger partial charge is 0.444 e. The second-order valence-corrected chi connectivity index (χ2v) is 6.96. The summed E-state index contributed by atoms with van der Waals surface area (Å²) >= 11 is 0. The minimum Gasteiger partial charge on any atom is -0.444 e. The maximum absolute atomic E-state index is 13.0. The molecule has 0 heterocycles. The lowest BCUT2D eigenvalue weighted by Crippen LogP contribution is -2.52. The maximum atomic E-state index is 13.0. The Kier molecular flexibility index (Phi) is 11.8. The molecule has 1 rings (SSSR count). The van der Waals surface area contributed by atoms with Crippen LogP contribution in [0.15, 0.2) is 40.3 Å². The topological polar surface area (TPSA) is 219 Å². The molecular formula is C20H32N8O4. The van der Waals surface area contributed by atoms with Crippen LogP contribution in [0.4, 0.5) is 4.79 Å². The first-order valence-corrected chi connectivity index (χ1v) is 10.1. The molecule has 0 aliphatic heterocycles. The van der Waals surface area contributed by atoms with Crippen molar-refractivity contribution in [2.24, 2.45) is 38.7 Å². The molecule has 0 aromatic heterocycles. The van der Waals surface area contributed by atoms with Gasteiger partial charge in [-0.1, -0.05) is 30.3 Å². The molecule has 0 radical (unpaired) electrons. The molecule has 0 aliphatic rings. The summed E-state index contributed by atoms with van der Waals surface area (Å²) in [5.74, 6) is -0.893. The van der Waals surface area contributed by atoms with Crippen LogP contribution in [0.5, 0.6) is 0 Å². The third kappa shape index (κ3) is 9.89. The molecule has 12 heteroatoms. The molecule has 12 nitrogen and oxygen atoms in total. The number of guanidine groups is 2. The molecule has 1 aromatic rings. The summed E-state index contributed by atoms with van der Waals surface area (Å²) in [7, 11) is 0. The molecule has 0 bridgehead atoms. The molecule has 0 fully saturated rings. The predicted octanol–water partition coefficient (Wildman–Crippen LogP) is -0.846. The van der Waals surface area contributed by atoms with Crippen LogP contribution in [0.25, 0.3) is 0 Å². The summed E-state index contributed by atoms with van der Waals surface area (Å²) in [6, 6.07) is 6.80. The zero-order chi connectivity index (χ0) is 23.9. The van der Waals surface area contributed by atoms with Gasteiger partial charge in [-0.15, -0.1) is 0 Å². The van der Waals surface area contributed by atoms with Crippen LogP contribution in [0.1, 0.15) is 31.2 Å². The summed E-state index contributed by atoms with van der Waals surface area (Å²) in [5, 5.41) is 0. The average Bonchev–Trinajstić information content (AvgIpc) is 2.77. The third-order valence-electron chi connectivity index (χ3n) is 4.37. The first-order chi connectivity index (χ1) is 15.3. The van der Waals surface area contributed by atoms with Crippen molar-refractivity contribution in [3.63, 3.8) is 0 Å². The van der Waals surface area contributed by atoms with Crippen molar-refractivity contribution in [1.82, 2.24) is 4.90 Å². The van der Waals surface area contributed by atoms with Crippen molar-refractivity contribution in [3.8, 4) is 0 Å². The Morgan fingerprint density at radius 3 is 2.06 bits per heavy atom. The molecule has 10 N–H and O–H groups in total. The number of benzene rings is 1. The number of aliphatic imine (C=N–C) groups is 2. The average molecular weight is 449 g/mol. The number of hydrogen-bond donors (Lipinski definition) is 5. The monoisotopic (exact) mass is 448 g/mol. The van der Waals surface area contributed by atoms with Crippen molar-refractivity contribution in [2.75, 3.05) is 13.1 Å². The van der Waals surface area contributed by atoms with Gasteiger partial charge in [0.15, 0.2) is 11.9 Å². The van der Waals surface area contributed by atoms with Crippen molar-refractivity contribution in [1.29, 1.82) is 0 Å². The van der Waals surface area contributed by atoms with Gasteiger partial charge in [0.25, 0.3) is 0 Å². The highest BCUT2D eigenvalue weighted by Gasteiger charge is 2.33. The van der Waals surface area contributed by atoms with E-state index >= 15 is 0 Å². The van der Waals surface area contributed by atoms with Gasteiger partial charge >= 0.3 is 6.09 Å². The van der Waals surface area contributed by atoms with Crippen LogP contribution in [0.3, 0.4) is 0 Å². The minimum atomic E-state index is -1.08. The molecule has 176 valence electrons. The van der Waals surface area contributed by atoms with Crippen molar-refractivity contribution >= 4 is 30.2 Å². The summed E-state index contributed by atoms with van der Waals surface area (Å²) in [4.78, 5) is 45.9. The quantitative estimate of drug-likeness (QED) is 0.110. The van der Waals surface area contributed by atoms with Gasteiger partial charge in [-0.3, -0.25) is 14.8 Å². The number of imide groups is 1. The number of hydrogen-bond acceptors (Lipinski definition) is 7. The number of nitrogens with zero attached hydrogens (tertiary/aromatic N) is 3. The highest BCUT2D eigenvalue weighted by Crippen LogP contribution is 2.13. The number of amides is 2. The van der Waals surface area contributed by atoms with Crippen LogP contribution in [0, 0.1) is 0 Å². The highest BCUT2D eigenvalue weighted by molar-refractivity contribution is 5.97. The van der Waals surface area contributed by atoms with Gasteiger partial charge in [-0.05, 0) is 31.2 Å². The van der Waals surface area contributed by atoms with Gasteiger partial charge in [-0.2, -0.15) is 0 Å². The van der Waals surface area contributed by atoms with E-state index < -0.39 is 24.1 Å². The number of aldehydes is 1. The lowest BCUT2D eigenvalue weighted by molar-refractivity contribution is -0.136. The molecule has 0 saturated heterocycles. The standard InChI is InChI=1S/C20H32N8O4/c21-16(9-5-11-27-19(24)25)17(30)28(15(12-29)8-4-10-26-18(22)23)20(31)32-13-14-6-2-1-3-7-14/h1-3,6-7,12,15-16H,4-5,8-11,13,21H2,(H4,22,23,26)(H4,24,25,27)/t15-,16-/m0/s1. The molecular weight excluding hydrogens is 416 g/mol. The van der Waals surface area contributed by atoms with Gasteiger partial charge < -0.3 is 38.2 Å². The third-order valence-corrected chi connectivity index (χ3v) is 4.37. The summed E-state index contributed by atoms with van der Waals surface area (Å²) < 4.78 is 5.28. The zero-order valence-corrected chi connectivity index (χ0v) is 17.9. The smallest absolute Gasteiger partial charge is 0.417 e. The highest BCUT2D eigenvalue weighted by atomic mass is 16.6. The fourth-order valence-corrected chi connectivity index (χ4v) is 2.77. The van der Waals surface area contributed by atoms with Gasteiger partial charge in [0.1, 0.15) is 12.9 Å². The fourth-order valence-electron chi connectivity index (χ4n) is 2.77. The maximum Gasteiger partial charge on any atom is 0.417 e. The normalized spacial score (nSPS) is 12.2. The second kappa shape index (κ2) is 14.4. The van der Waals surface area contributed by atoms with Gasteiger partial charge in [0.2, 0.25) is 5.91 Å². The first kappa shape index (κ1) is 26.4. The fraction of sp³-hybridized carbons (Fsp3) is 0.450. The van der Waals surface area contributed by atoms with Gasteiger partial charge in [0, 0.05) is 13.1 Å². The summed E-state index contributed by atoms with van der Waals surface area (Å²) in [6.07, 6.45) is 0.663. The molecule has 0 aliphatic carbocycles. The van der Waals surface area contributed by atoms with Crippen LogP contribution < -0.4 is 28.7 Å². The van der Waals surface area contributed by atoms with Gasteiger partial charge in [-0.25, -0.2) is 9.69 Å². The Hall–Kier alpha value is -3.67. The summed E-state index contributed by atoms with van der Waals surface area (Å²) in [6.45, 7) is 0.443. The Bertz CT molecular complexity index is 792. The van der Waals surface area contributed by atoms with E-state index in [1.165, 1.54) is 0 Å². The molecule has 2 atom stereocenters. The summed E-state index contributed by atoms with van der Waals surface area (Å²) in [5.41, 5.74) is 27.8. The Morgan fingerprint density at radius 2 is 1.53 bits per heavy atom. The molecule has 0 unspecified atom stereocenters. The number of carbonyl (C=O) groups is 3. The Balaban J connectivity index is 2.89. The van der Waals surface area contributed by atoms with Crippen molar-refractivity contribution in [2.45, 2.75) is 44.4 Å². The Labute approximate surface area is 186 Å². The molecule has 1 aromatic carbocycles.